The molecule has 10 nitrogen and oxygen atoms in total. The van der Waals surface area contributed by atoms with Crippen molar-refractivity contribution in [1.29, 1.82) is 0 Å². The molecule has 1 aliphatic heterocycles. The van der Waals surface area contributed by atoms with Crippen LogP contribution < -0.4 is 0 Å². The molecule has 2 fully saturated rings. The van der Waals surface area contributed by atoms with Crippen LogP contribution in [0.15, 0.2) is 48.6 Å². The lowest BCUT2D eigenvalue weighted by atomic mass is 9.91. The molecule has 12 heteroatoms. The number of allylic oxidation sites excluding steroid dienone is 3. The Labute approximate surface area is 258 Å². The maximum absolute atomic E-state index is 12.6. The molecule has 6 N–H and O–H groups in total. The molecule has 43 heavy (non-hydrogen) atoms. The third-order valence-corrected chi connectivity index (χ3v) is 9.73. The largest absolute Gasteiger partial charge is 0.433 e. The zero-order valence-electron chi connectivity index (χ0n) is 23.6. The fourth-order valence-corrected chi connectivity index (χ4v) is 6.99. The highest BCUT2D eigenvalue weighted by Gasteiger charge is 2.45. The zero-order chi connectivity index (χ0) is 31.1. The number of benzene rings is 1. The topological polar surface area (TPSA) is 174 Å². The Balaban J connectivity index is 1.19. The van der Waals surface area contributed by atoms with Crippen LogP contribution in [0.5, 0.6) is 0 Å². The quantitative estimate of drug-likeness (QED) is 0.109. The Bertz CT molecular complexity index is 1290. The van der Waals surface area contributed by atoms with E-state index in [-0.39, 0.29) is 18.1 Å². The molecule has 2 heterocycles. The molecular weight excluding hydrogens is 600 g/mol. The van der Waals surface area contributed by atoms with Gasteiger partial charge in [0.05, 0.1) is 17.7 Å². The van der Waals surface area contributed by atoms with Crippen molar-refractivity contribution >= 4 is 44.8 Å². The fraction of sp³-hybridized carbons (Fsp3) is 0.548. The van der Waals surface area contributed by atoms with Crippen molar-refractivity contribution in [1.82, 2.24) is 0 Å². The molecule has 9 atom stereocenters. The van der Waals surface area contributed by atoms with Gasteiger partial charge in [0.2, 0.25) is 6.29 Å². The normalized spacial score (nSPS) is 30.5. The van der Waals surface area contributed by atoms with E-state index in [2.05, 4.69) is 0 Å². The summed E-state index contributed by atoms with van der Waals surface area (Å²) in [6, 6.07) is 7.91. The summed E-state index contributed by atoms with van der Waals surface area (Å²) in [6.07, 6.45) is 0.671. The number of aliphatic hydroxyl groups is 6. The average molecular weight is 639 g/mol. The van der Waals surface area contributed by atoms with Gasteiger partial charge in [-0.25, -0.2) is 0 Å². The summed E-state index contributed by atoms with van der Waals surface area (Å²) in [5.74, 6) is -1.52. The lowest BCUT2D eigenvalue weighted by molar-refractivity contribution is -0.292. The number of hydrogen-bond acceptors (Lipinski definition) is 11. The standard InChI is InChI=1S/C31H39ClO10S/c32-26-20-8-5-6-9-23(20)43-24(26)14-13-18(34)12-11-17-15-21(35)27(37)19(17)7-3-1-2-4-10-25(36)42-31-30(40)29(39)28(38)22(16-33)41-31/h1,3,5-6,8-9,11-12,17-19,21-22,28-31,33-35,38-40H,2,4,7,10,13-16H2/b3-1-,12-11+/t17-,18?,19+,21?,22+,28+,29-,30+,31?/m0/s1. The number of Topliss-reactive ketones (excluding diaryl/α,β-unsaturated/α-hetero) is 1. The van der Waals surface area contributed by atoms with Crippen LogP contribution in [0, 0.1) is 11.8 Å². The van der Waals surface area contributed by atoms with Crippen molar-refractivity contribution in [3.63, 3.8) is 0 Å². The Hall–Kier alpha value is -2.19. The molecule has 236 valence electrons. The van der Waals surface area contributed by atoms with Crippen molar-refractivity contribution in [2.24, 2.45) is 11.8 Å². The van der Waals surface area contributed by atoms with Crippen LogP contribution >= 0.6 is 22.9 Å². The van der Waals surface area contributed by atoms with E-state index in [1.54, 1.807) is 17.4 Å². The molecular formula is C31H39ClO10S. The van der Waals surface area contributed by atoms with E-state index in [1.165, 1.54) is 0 Å². The van der Waals surface area contributed by atoms with Crippen molar-refractivity contribution in [3.8, 4) is 0 Å². The number of aliphatic hydroxyl groups excluding tert-OH is 6. The van der Waals surface area contributed by atoms with Crippen LogP contribution in [0.1, 0.15) is 43.4 Å². The van der Waals surface area contributed by atoms with E-state index in [4.69, 9.17) is 21.1 Å². The second-order valence-electron chi connectivity index (χ2n) is 11.0. The number of halogens is 1. The van der Waals surface area contributed by atoms with Crippen molar-refractivity contribution in [2.45, 2.75) is 87.9 Å². The van der Waals surface area contributed by atoms with Crippen LogP contribution in [-0.2, 0) is 25.5 Å². The predicted molar refractivity (Wildman–Crippen MR) is 160 cm³/mol. The van der Waals surface area contributed by atoms with E-state index in [1.807, 2.05) is 42.5 Å². The molecule has 1 saturated heterocycles. The number of esters is 1. The maximum Gasteiger partial charge on any atom is 0.308 e. The van der Waals surface area contributed by atoms with Crippen molar-refractivity contribution in [3.05, 3.63) is 58.5 Å². The first-order valence-corrected chi connectivity index (χ1v) is 15.7. The molecule has 2 aromatic rings. The first-order valence-electron chi connectivity index (χ1n) is 14.5. The van der Waals surface area contributed by atoms with E-state index in [0.717, 1.165) is 20.0 Å². The lowest BCUT2D eigenvalue weighted by Gasteiger charge is -2.39. The zero-order valence-corrected chi connectivity index (χ0v) is 25.1. The third-order valence-electron chi connectivity index (χ3n) is 7.96. The van der Waals surface area contributed by atoms with Gasteiger partial charge in [0, 0.05) is 27.3 Å². The number of fused-ring (bicyclic) bond motifs is 1. The number of carbonyl (C=O) groups is 2. The molecule has 1 aliphatic carbocycles. The molecule has 1 aromatic carbocycles. The van der Waals surface area contributed by atoms with Gasteiger partial charge in [0.25, 0.3) is 0 Å². The lowest BCUT2D eigenvalue weighted by Crippen LogP contribution is -2.59. The van der Waals surface area contributed by atoms with Gasteiger partial charge >= 0.3 is 5.97 Å². The van der Waals surface area contributed by atoms with Gasteiger partial charge in [-0.3, -0.25) is 9.59 Å². The highest BCUT2D eigenvalue weighted by molar-refractivity contribution is 7.19. The molecule has 0 radical (unpaired) electrons. The Morgan fingerprint density at radius 1 is 1.14 bits per heavy atom. The molecule has 2 aliphatic rings. The first kappa shape index (κ1) is 33.7. The van der Waals surface area contributed by atoms with E-state index >= 15 is 0 Å². The van der Waals surface area contributed by atoms with E-state index in [9.17, 15) is 40.2 Å². The Morgan fingerprint density at radius 2 is 1.91 bits per heavy atom. The van der Waals surface area contributed by atoms with Crippen molar-refractivity contribution < 1.29 is 49.7 Å². The highest BCUT2D eigenvalue weighted by atomic mass is 35.5. The molecule has 0 amide bonds. The number of thiophene rings is 1. The Morgan fingerprint density at radius 3 is 2.65 bits per heavy atom. The van der Waals surface area contributed by atoms with Gasteiger partial charge < -0.3 is 40.1 Å². The first-order chi connectivity index (χ1) is 20.6. The number of hydrogen-bond donors (Lipinski definition) is 6. The number of unbranched alkanes of at least 4 members (excludes halogenated alkanes) is 1. The van der Waals surface area contributed by atoms with Gasteiger partial charge in [-0.15, -0.1) is 11.3 Å². The summed E-state index contributed by atoms with van der Waals surface area (Å²) in [6.45, 7) is -0.621. The maximum atomic E-state index is 12.6. The second-order valence-corrected chi connectivity index (χ2v) is 12.6. The summed E-state index contributed by atoms with van der Waals surface area (Å²) >= 11 is 8.13. The summed E-state index contributed by atoms with van der Waals surface area (Å²) in [5, 5.41) is 61.3. The minimum atomic E-state index is -1.65. The molecule has 4 rings (SSSR count). The molecule has 1 saturated carbocycles. The molecule has 0 bridgehead atoms. The van der Waals surface area contributed by atoms with Gasteiger partial charge in [-0.2, -0.15) is 0 Å². The fourth-order valence-electron chi connectivity index (χ4n) is 5.45. The van der Waals surface area contributed by atoms with Crippen LogP contribution in [0.3, 0.4) is 0 Å². The van der Waals surface area contributed by atoms with E-state index in [0.29, 0.717) is 38.5 Å². The van der Waals surface area contributed by atoms with E-state index < -0.39 is 61.4 Å². The number of carbonyl (C=O) groups excluding carboxylic acids is 2. The number of ether oxygens (including phenoxy) is 2. The number of ketones is 1. The van der Waals surface area contributed by atoms with Crippen molar-refractivity contribution in [2.75, 3.05) is 6.61 Å². The van der Waals surface area contributed by atoms with Crippen LogP contribution in [0.25, 0.3) is 10.1 Å². The van der Waals surface area contributed by atoms with Gasteiger partial charge in [0.15, 0.2) is 5.78 Å². The summed E-state index contributed by atoms with van der Waals surface area (Å²) in [4.78, 5) is 25.8. The van der Waals surface area contributed by atoms with Crippen LogP contribution in [-0.4, -0.2) is 91.9 Å². The summed E-state index contributed by atoms with van der Waals surface area (Å²) in [7, 11) is 0. The van der Waals surface area contributed by atoms with Crippen LogP contribution in [0.2, 0.25) is 5.02 Å². The molecule has 1 aromatic heterocycles. The van der Waals surface area contributed by atoms with Gasteiger partial charge in [0.1, 0.15) is 30.5 Å². The average Bonchev–Trinajstić information content (AvgIpc) is 3.46. The summed E-state index contributed by atoms with van der Waals surface area (Å²) in [5.41, 5.74) is 0. The molecule has 3 unspecified atom stereocenters. The second kappa shape index (κ2) is 15.7. The SMILES string of the molecule is O=C(CCC/C=C\C[C@H]1C(=O)C(O)C[C@@H]1/C=C/C(O)CCc1sc2ccccc2c1Cl)OC1O[C@H](CO)[C@@H](O)[C@H](O)[C@H]1O. The highest BCUT2D eigenvalue weighted by Crippen LogP contribution is 2.36. The van der Waals surface area contributed by atoms with Crippen LogP contribution in [0.4, 0.5) is 0 Å². The number of rotatable bonds is 13. The minimum absolute atomic E-state index is 0.00358. The van der Waals surface area contributed by atoms with Gasteiger partial charge in [-0.1, -0.05) is 54.1 Å². The van der Waals surface area contributed by atoms with Gasteiger partial charge in [-0.05, 0) is 50.5 Å². The Kier molecular flexibility index (Phi) is 12.3. The smallest absolute Gasteiger partial charge is 0.308 e. The molecule has 0 spiro atoms. The third kappa shape index (κ3) is 8.50. The monoisotopic (exact) mass is 638 g/mol. The predicted octanol–water partition coefficient (Wildman–Crippen LogP) is 2.43. The summed E-state index contributed by atoms with van der Waals surface area (Å²) < 4.78 is 11.3. The number of aryl methyl sites for hydroxylation is 1. The minimum Gasteiger partial charge on any atom is -0.433 e.